The SMILES string of the molecule is Cc1cc(Nc2n[nH]c3c2CSC3)nc(NCCOc2cccnc2C)c1C#N. The molecule has 0 radical (unpaired) electrons. The van der Waals surface area contributed by atoms with E-state index in [0.29, 0.717) is 30.4 Å². The van der Waals surface area contributed by atoms with E-state index < -0.39 is 0 Å². The van der Waals surface area contributed by atoms with E-state index in [9.17, 15) is 5.26 Å². The molecule has 9 heteroatoms. The Hall–Kier alpha value is -3.25. The number of nitrogens with one attached hydrogen (secondary N) is 3. The summed E-state index contributed by atoms with van der Waals surface area (Å²) in [6.07, 6.45) is 1.73. The van der Waals surface area contributed by atoms with E-state index in [0.717, 1.165) is 40.0 Å². The first-order valence-corrected chi connectivity index (χ1v) is 10.4. The van der Waals surface area contributed by atoms with Gasteiger partial charge in [0.05, 0.1) is 23.5 Å². The number of fused-ring (bicyclic) bond motifs is 1. The van der Waals surface area contributed by atoms with Gasteiger partial charge in [-0.05, 0) is 37.6 Å². The first-order chi connectivity index (χ1) is 14.2. The lowest BCUT2D eigenvalue weighted by atomic mass is 10.1. The molecule has 0 bridgehead atoms. The van der Waals surface area contributed by atoms with Crippen LogP contribution in [0.1, 0.15) is 28.1 Å². The highest BCUT2D eigenvalue weighted by molar-refractivity contribution is 7.98. The third-order valence-corrected chi connectivity index (χ3v) is 5.62. The van der Waals surface area contributed by atoms with E-state index in [-0.39, 0.29) is 0 Å². The molecule has 0 saturated heterocycles. The molecule has 0 saturated carbocycles. The van der Waals surface area contributed by atoms with Gasteiger partial charge in [-0.2, -0.15) is 22.1 Å². The topological polar surface area (TPSA) is 112 Å². The molecule has 3 aromatic rings. The standard InChI is InChI=1S/C20H21N7OS/c1-12-8-18(25-20-15-10-29-11-16(15)26-27-20)24-19(14(12)9-21)23-6-7-28-17-4-3-5-22-13(17)2/h3-5,8H,6-7,10-11H2,1-2H3,(H3,23,24,25,26,27). The van der Waals surface area contributed by atoms with Crippen LogP contribution < -0.4 is 15.4 Å². The number of H-pyrrole nitrogens is 1. The molecule has 0 amide bonds. The number of hydrogen-bond donors (Lipinski definition) is 3. The zero-order valence-electron chi connectivity index (χ0n) is 16.2. The molecule has 29 heavy (non-hydrogen) atoms. The summed E-state index contributed by atoms with van der Waals surface area (Å²) in [5.74, 6) is 4.61. The van der Waals surface area contributed by atoms with E-state index in [1.807, 2.05) is 43.8 Å². The third-order valence-electron chi connectivity index (χ3n) is 4.63. The maximum Gasteiger partial charge on any atom is 0.157 e. The first-order valence-electron chi connectivity index (χ1n) is 9.26. The Morgan fingerprint density at radius 2 is 2.21 bits per heavy atom. The van der Waals surface area contributed by atoms with Gasteiger partial charge >= 0.3 is 0 Å². The second-order valence-electron chi connectivity index (χ2n) is 6.67. The Labute approximate surface area is 173 Å². The molecule has 1 aliphatic rings. The molecule has 0 spiro atoms. The fourth-order valence-corrected chi connectivity index (χ4v) is 4.17. The summed E-state index contributed by atoms with van der Waals surface area (Å²) in [7, 11) is 0. The number of rotatable bonds is 7. The van der Waals surface area contributed by atoms with E-state index in [2.05, 4.69) is 36.9 Å². The largest absolute Gasteiger partial charge is 0.490 e. The molecule has 0 aliphatic carbocycles. The van der Waals surface area contributed by atoms with Crippen LogP contribution >= 0.6 is 11.8 Å². The Bertz CT molecular complexity index is 1070. The highest BCUT2D eigenvalue weighted by Crippen LogP contribution is 2.34. The summed E-state index contributed by atoms with van der Waals surface area (Å²) in [5, 5.41) is 23.5. The van der Waals surface area contributed by atoms with Gasteiger partial charge in [0.1, 0.15) is 30.1 Å². The molecule has 8 nitrogen and oxygen atoms in total. The van der Waals surface area contributed by atoms with Gasteiger partial charge in [-0.25, -0.2) is 4.98 Å². The molecule has 0 unspecified atom stereocenters. The lowest BCUT2D eigenvalue weighted by Gasteiger charge is -2.13. The van der Waals surface area contributed by atoms with Crippen LogP contribution in [0.2, 0.25) is 0 Å². The van der Waals surface area contributed by atoms with Gasteiger partial charge in [0, 0.05) is 23.3 Å². The fourth-order valence-electron chi connectivity index (χ4n) is 3.11. The number of aryl methyl sites for hydroxylation is 2. The maximum atomic E-state index is 9.53. The summed E-state index contributed by atoms with van der Waals surface area (Å²) in [4.78, 5) is 8.80. The molecule has 3 aromatic heterocycles. The van der Waals surface area contributed by atoms with Gasteiger partial charge in [0.2, 0.25) is 0 Å². The molecule has 3 N–H and O–H groups in total. The van der Waals surface area contributed by atoms with Gasteiger partial charge in [0.25, 0.3) is 0 Å². The first kappa shape index (κ1) is 19.1. The van der Waals surface area contributed by atoms with Crippen molar-refractivity contribution in [3.05, 3.63) is 52.5 Å². The van der Waals surface area contributed by atoms with Crippen molar-refractivity contribution >= 4 is 29.2 Å². The summed E-state index contributed by atoms with van der Waals surface area (Å²) < 4.78 is 5.76. The van der Waals surface area contributed by atoms with Crippen molar-refractivity contribution in [3.8, 4) is 11.8 Å². The molecule has 4 heterocycles. The Kier molecular flexibility index (Phi) is 5.53. The molecule has 1 aliphatic heterocycles. The number of ether oxygens (including phenoxy) is 1. The number of aromatic nitrogens is 4. The van der Waals surface area contributed by atoms with Crippen molar-refractivity contribution in [2.24, 2.45) is 0 Å². The Morgan fingerprint density at radius 1 is 1.31 bits per heavy atom. The number of pyridine rings is 2. The minimum absolute atomic E-state index is 0.430. The van der Waals surface area contributed by atoms with Crippen molar-refractivity contribution in [1.29, 1.82) is 5.26 Å². The molecule has 148 valence electrons. The van der Waals surface area contributed by atoms with Crippen molar-refractivity contribution < 1.29 is 4.74 Å². The molecule has 4 rings (SSSR count). The molecule has 0 fully saturated rings. The van der Waals surface area contributed by atoms with Crippen LogP contribution in [-0.2, 0) is 11.5 Å². The summed E-state index contributed by atoms with van der Waals surface area (Å²) in [6, 6.07) is 7.82. The van der Waals surface area contributed by atoms with Gasteiger partial charge in [0.15, 0.2) is 5.82 Å². The summed E-state index contributed by atoms with van der Waals surface area (Å²) in [5.41, 5.74) is 4.56. The quantitative estimate of drug-likeness (QED) is 0.509. The zero-order chi connectivity index (χ0) is 20.2. The highest BCUT2D eigenvalue weighted by Gasteiger charge is 2.20. The smallest absolute Gasteiger partial charge is 0.157 e. The monoisotopic (exact) mass is 407 g/mol. The van der Waals surface area contributed by atoms with E-state index in [1.54, 1.807) is 6.20 Å². The minimum Gasteiger partial charge on any atom is -0.490 e. The van der Waals surface area contributed by atoms with Crippen LogP contribution in [0, 0.1) is 25.2 Å². The van der Waals surface area contributed by atoms with Crippen LogP contribution in [-0.4, -0.2) is 33.3 Å². The fraction of sp³-hybridized carbons (Fsp3) is 0.300. The van der Waals surface area contributed by atoms with E-state index in [1.165, 1.54) is 5.56 Å². The van der Waals surface area contributed by atoms with Gasteiger partial charge in [-0.3, -0.25) is 10.1 Å². The second kappa shape index (κ2) is 8.41. The van der Waals surface area contributed by atoms with Crippen molar-refractivity contribution in [2.75, 3.05) is 23.8 Å². The lowest BCUT2D eigenvalue weighted by Crippen LogP contribution is -2.14. The Morgan fingerprint density at radius 3 is 3.03 bits per heavy atom. The summed E-state index contributed by atoms with van der Waals surface area (Å²) in [6.45, 7) is 4.74. The molecule has 0 atom stereocenters. The van der Waals surface area contributed by atoms with Crippen LogP contribution in [0.15, 0.2) is 24.4 Å². The third kappa shape index (κ3) is 4.12. The zero-order valence-corrected chi connectivity index (χ0v) is 17.1. The van der Waals surface area contributed by atoms with Gasteiger partial charge < -0.3 is 15.4 Å². The molecule has 0 aromatic carbocycles. The van der Waals surface area contributed by atoms with Crippen LogP contribution in [0.4, 0.5) is 17.5 Å². The predicted octanol–water partition coefficient (Wildman–Crippen LogP) is 3.67. The van der Waals surface area contributed by atoms with Crippen LogP contribution in [0.3, 0.4) is 0 Å². The van der Waals surface area contributed by atoms with Gasteiger partial charge in [-0.1, -0.05) is 0 Å². The Balaban J connectivity index is 1.45. The average Bonchev–Trinajstić information content (AvgIpc) is 3.31. The van der Waals surface area contributed by atoms with Crippen molar-refractivity contribution in [2.45, 2.75) is 25.4 Å². The maximum absolute atomic E-state index is 9.53. The number of thioether (sulfide) groups is 1. The molecular weight excluding hydrogens is 386 g/mol. The van der Waals surface area contributed by atoms with E-state index >= 15 is 0 Å². The van der Waals surface area contributed by atoms with Crippen molar-refractivity contribution in [1.82, 2.24) is 20.2 Å². The average molecular weight is 408 g/mol. The normalized spacial score (nSPS) is 12.3. The number of aromatic amines is 1. The highest BCUT2D eigenvalue weighted by atomic mass is 32.2. The predicted molar refractivity (Wildman–Crippen MR) is 114 cm³/mol. The van der Waals surface area contributed by atoms with E-state index in [4.69, 9.17) is 4.74 Å². The van der Waals surface area contributed by atoms with Crippen LogP contribution in [0.5, 0.6) is 5.75 Å². The lowest BCUT2D eigenvalue weighted by molar-refractivity contribution is 0.329. The second-order valence-corrected chi connectivity index (χ2v) is 7.65. The number of anilines is 3. The number of hydrogen-bond acceptors (Lipinski definition) is 8. The summed E-state index contributed by atoms with van der Waals surface area (Å²) >= 11 is 1.85. The van der Waals surface area contributed by atoms with Gasteiger partial charge in [-0.15, -0.1) is 0 Å². The van der Waals surface area contributed by atoms with Crippen molar-refractivity contribution in [3.63, 3.8) is 0 Å². The number of nitriles is 1. The minimum atomic E-state index is 0.430. The molecular formula is C20H21N7OS. The number of nitrogens with zero attached hydrogens (tertiary/aromatic N) is 4. The van der Waals surface area contributed by atoms with Crippen LogP contribution in [0.25, 0.3) is 0 Å².